The molecule has 0 radical (unpaired) electrons. The average molecular weight is 284 g/mol. The summed E-state index contributed by atoms with van der Waals surface area (Å²) in [5, 5.41) is 0. The maximum absolute atomic E-state index is 11.9. The molecule has 4 heteroatoms. The zero-order chi connectivity index (χ0) is 14.8. The van der Waals surface area contributed by atoms with E-state index in [1.54, 1.807) is 0 Å². The van der Waals surface area contributed by atoms with Gasteiger partial charge in [-0.1, -0.05) is 13.8 Å². The van der Waals surface area contributed by atoms with Gasteiger partial charge in [0.05, 0.1) is 12.0 Å². The maximum Gasteiger partial charge on any atom is 0.311 e. The van der Waals surface area contributed by atoms with Gasteiger partial charge in [0, 0.05) is 12.8 Å². The lowest BCUT2D eigenvalue weighted by molar-refractivity contribution is -0.197. The van der Waals surface area contributed by atoms with Gasteiger partial charge in [0.25, 0.3) is 0 Å². The van der Waals surface area contributed by atoms with E-state index in [1.165, 1.54) is 0 Å². The van der Waals surface area contributed by atoms with Gasteiger partial charge in [-0.2, -0.15) is 0 Å². The van der Waals surface area contributed by atoms with E-state index >= 15 is 0 Å². The van der Waals surface area contributed by atoms with E-state index in [2.05, 4.69) is 6.92 Å². The van der Waals surface area contributed by atoms with Crippen LogP contribution in [0.5, 0.6) is 0 Å². The van der Waals surface area contributed by atoms with Gasteiger partial charge in [0.1, 0.15) is 12.7 Å². The first-order valence-corrected chi connectivity index (χ1v) is 7.86. The van der Waals surface area contributed by atoms with Crippen molar-refractivity contribution in [3.63, 3.8) is 0 Å². The molecule has 4 nitrogen and oxygen atoms in total. The number of rotatable bonds is 4. The van der Waals surface area contributed by atoms with Gasteiger partial charge in [0.15, 0.2) is 5.79 Å². The highest BCUT2D eigenvalue weighted by Crippen LogP contribution is 2.40. The van der Waals surface area contributed by atoms with Crippen LogP contribution in [0.1, 0.15) is 59.8 Å². The van der Waals surface area contributed by atoms with E-state index in [1.807, 2.05) is 20.8 Å². The Bertz CT molecular complexity index is 342. The van der Waals surface area contributed by atoms with Crippen LogP contribution in [0.3, 0.4) is 0 Å². The first-order valence-electron chi connectivity index (χ1n) is 7.86. The van der Waals surface area contributed by atoms with Crippen molar-refractivity contribution in [2.24, 2.45) is 11.3 Å². The molecule has 0 bridgehead atoms. The van der Waals surface area contributed by atoms with Crippen molar-refractivity contribution in [1.82, 2.24) is 0 Å². The van der Waals surface area contributed by atoms with E-state index in [-0.39, 0.29) is 12.1 Å². The third-order valence-corrected chi connectivity index (χ3v) is 4.79. The maximum atomic E-state index is 11.9. The normalized spacial score (nSPS) is 34.4. The minimum absolute atomic E-state index is 0.111. The summed E-state index contributed by atoms with van der Waals surface area (Å²) in [4.78, 5) is 11.9. The molecule has 20 heavy (non-hydrogen) atoms. The molecule has 1 saturated carbocycles. The Hall–Kier alpha value is -0.610. The number of carbonyl (C=O) groups excluding carboxylic acids is 1. The Kier molecular flexibility index (Phi) is 4.75. The Morgan fingerprint density at radius 3 is 2.60 bits per heavy atom. The zero-order valence-corrected chi connectivity index (χ0v) is 13.2. The minimum atomic E-state index is -0.419. The average Bonchev–Trinajstić information content (AvgIpc) is 2.83. The Labute approximate surface area is 122 Å². The molecule has 0 aromatic carbocycles. The lowest BCUT2D eigenvalue weighted by atomic mass is 9.86. The van der Waals surface area contributed by atoms with Crippen LogP contribution in [0.2, 0.25) is 0 Å². The number of carbonyl (C=O) groups is 1. The van der Waals surface area contributed by atoms with Gasteiger partial charge in [-0.3, -0.25) is 4.79 Å². The summed E-state index contributed by atoms with van der Waals surface area (Å²) >= 11 is 0. The molecule has 0 aromatic rings. The van der Waals surface area contributed by atoms with Crippen molar-refractivity contribution in [2.45, 2.75) is 71.7 Å². The van der Waals surface area contributed by atoms with Crippen molar-refractivity contribution >= 4 is 5.97 Å². The van der Waals surface area contributed by atoms with E-state index in [0.29, 0.717) is 13.2 Å². The van der Waals surface area contributed by atoms with Gasteiger partial charge in [-0.15, -0.1) is 0 Å². The lowest BCUT2D eigenvalue weighted by Gasteiger charge is -2.34. The molecule has 0 aromatic heterocycles. The molecule has 2 rings (SSSR count). The first-order chi connectivity index (χ1) is 9.37. The third kappa shape index (κ3) is 3.53. The van der Waals surface area contributed by atoms with Crippen LogP contribution >= 0.6 is 0 Å². The molecule has 1 spiro atoms. The van der Waals surface area contributed by atoms with Crippen molar-refractivity contribution in [3.05, 3.63) is 0 Å². The summed E-state index contributed by atoms with van der Waals surface area (Å²) in [6, 6.07) is 0. The van der Waals surface area contributed by atoms with Gasteiger partial charge in [0.2, 0.25) is 0 Å². The van der Waals surface area contributed by atoms with Crippen molar-refractivity contribution < 1.29 is 19.0 Å². The molecule has 1 heterocycles. The second-order valence-corrected chi connectivity index (χ2v) is 6.98. The molecule has 0 amide bonds. The molecule has 1 aliphatic heterocycles. The zero-order valence-electron chi connectivity index (χ0n) is 13.2. The molecular weight excluding hydrogens is 256 g/mol. The molecule has 1 unspecified atom stereocenters. The minimum Gasteiger partial charge on any atom is -0.462 e. The Morgan fingerprint density at radius 1 is 1.35 bits per heavy atom. The number of ether oxygens (including phenoxy) is 3. The van der Waals surface area contributed by atoms with Crippen LogP contribution in [-0.2, 0) is 19.0 Å². The molecule has 1 saturated heterocycles. The predicted octanol–water partition coefficient (Wildman–Crippen LogP) is 3.29. The summed E-state index contributed by atoms with van der Waals surface area (Å²) in [6.07, 6.45) is 4.87. The number of hydrogen-bond acceptors (Lipinski definition) is 4. The fourth-order valence-corrected chi connectivity index (χ4v) is 2.67. The van der Waals surface area contributed by atoms with E-state index in [4.69, 9.17) is 14.2 Å². The molecule has 2 fully saturated rings. The summed E-state index contributed by atoms with van der Waals surface area (Å²) in [7, 11) is 0. The second kappa shape index (κ2) is 6.02. The molecule has 2 aliphatic rings. The predicted molar refractivity (Wildman–Crippen MR) is 76.2 cm³/mol. The van der Waals surface area contributed by atoms with Gasteiger partial charge >= 0.3 is 5.97 Å². The van der Waals surface area contributed by atoms with Gasteiger partial charge < -0.3 is 14.2 Å². The van der Waals surface area contributed by atoms with Crippen LogP contribution in [-0.4, -0.2) is 31.1 Å². The topological polar surface area (TPSA) is 44.8 Å². The van der Waals surface area contributed by atoms with Gasteiger partial charge in [-0.05, 0) is 39.0 Å². The highest BCUT2D eigenvalue weighted by molar-refractivity contribution is 5.75. The van der Waals surface area contributed by atoms with Crippen LogP contribution in [0.25, 0.3) is 0 Å². The number of hydrogen-bond donors (Lipinski definition) is 0. The van der Waals surface area contributed by atoms with E-state index in [0.717, 1.165) is 38.0 Å². The van der Waals surface area contributed by atoms with Crippen LogP contribution in [0.15, 0.2) is 0 Å². The smallest absolute Gasteiger partial charge is 0.311 e. The van der Waals surface area contributed by atoms with Gasteiger partial charge in [-0.25, -0.2) is 0 Å². The van der Waals surface area contributed by atoms with E-state index < -0.39 is 11.2 Å². The van der Waals surface area contributed by atoms with Crippen LogP contribution in [0.4, 0.5) is 0 Å². The second-order valence-electron chi connectivity index (χ2n) is 6.98. The molecule has 1 atom stereocenters. The van der Waals surface area contributed by atoms with Crippen LogP contribution < -0.4 is 0 Å². The third-order valence-electron chi connectivity index (χ3n) is 4.79. The fraction of sp³-hybridized carbons (Fsp3) is 0.938. The monoisotopic (exact) mass is 284 g/mol. The largest absolute Gasteiger partial charge is 0.462 e. The van der Waals surface area contributed by atoms with Crippen LogP contribution in [0, 0.1) is 11.3 Å². The Morgan fingerprint density at radius 2 is 2.00 bits per heavy atom. The summed E-state index contributed by atoms with van der Waals surface area (Å²) in [6.45, 7) is 8.92. The highest BCUT2D eigenvalue weighted by atomic mass is 16.8. The summed E-state index contributed by atoms with van der Waals surface area (Å²) in [5.74, 6) is 0.209. The number of esters is 1. The molecular formula is C16H28O4. The van der Waals surface area contributed by atoms with E-state index in [9.17, 15) is 4.79 Å². The quantitative estimate of drug-likeness (QED) is 0.743. The fourth-order valence-electron chi connectivity index (χ4n) is 2.67. The van der Waals surface area contributed by atoms with Crippen molar-refractivity contribution in [2.75, 3.05) is 13.2 Å². The highest BCUT2D eigenvalue weighted by Gasteiger charge is 2.44. The first kappa shape index (κ1) is 15.8. The van der Waals surface area contributed by atoms with Crippen molar-refractivity contribution in [3.8, 4) is 0 Å². The summed E-state index contributed by atoms with van der Waals surface area (Å²) < 4.78 is 17.3. The Balaban J connectivity index is 1.78. The van der Waals surface area contributed by atoms with Crippen molar-refractivity contribution in [1.29, 1.82) is 0 Å². The SMILES string of the molecule is CCC(C)(C)C(=O)OCC1COC2(CCC(C)CC2)O1. The standard InChI is InChI=1S/C16H28O4/c1-5-15(3,4)14(17)18-10-13-11-19-16(20-13)8-6-12(2)7-9-16/h12-13H,5-11H2,1-4H3. The molecule has 116 valence electrons. The molecule has 1 aliphatic carbocycles. The summed E-state index contributed by atoms with van der Waals surface area (Å²) in [5.41, 5.74) is -0.419. The molecule has 0 N–H and O–H groups in total. The lowest BCUT2D eigenvalue weighted by Crippen LogP contribution is -2.36.